The highest BCUT2D eigenvalue weighted by molar-refractivity contribution is 9.10. The van der Waals surface area contributed by atoms with Crippen LogP contribution in [0.5, 0.6) is 0 Å². The molecule has 0 saturated carbocycles. The van der Waals surface area contributed by atoms with E-state index in [0.29, 0.717) is 13.2 Å². The topological polar surface area (TPSA) is 45.6 Å². The van der Waals surface area contributed by atoms with Gasteiger partial charge in [-0.3, -0.25) is 9.88 Å². The second-order valence-electron chi connectivity index (χ2n) is 3.46. The van der Waals surface area contributed by atoms with Gasteiger partial charge in [0.1, 0.15) is 0 Å². The lowest BCUT2D eigenvalue weighted by Gasteiger charge is -2.20. The molecule has 5 heteroatoms. The van der Waals surface area contributed by atoms with Crippen LogP contribution in [0.15, 0.2) is 22.8 Å². The van der Waals surface area contributed by atoms with Crippen LogP contribution in [0.2, 0.25) is 0 Å². The smallest absolute Gasteiger partial charge is 0.0589 e. The largest absolute Gasteiger partial charge is 0.395 e. The number of rotatable bonds is 7. The van der Waals surface area contributed by atoms with Crippen LogP contribution in [0.4, 0.5) is 0 Å². The summed E-state index contributed by atoms with van der Waals surface area (Å²) in [4.78, 5) is 6.41. The zero-order valence-corrected chi connectivity index (χ0v) is 11.0. The summed E-state index contributed by atoms with van der Waals surface area (Å²) in [5.74, 6) is 0. The van der Waals surface area contributed by atoms with Gasteiger partial charge < -0.3 is 9.84 Å². The molecule has 0 bridgehead atoms. The second-order valence-corrected chi connectivity index (χ2v) is 4.38. The molecule has 0 radical (unpaired) electrons. The molecular weight excluding hydrogens is 272 g/mol. The van der Waals surface area contributed by atoms with Crippen LogP contribution in [-0.4, -0.2) is 48.4 Å². The van der Waals surface area contributed by atoms with Crippen molar-refractivity contribution in [2.75, 3.05) is 33.4 Å². The summed E-state index contributed by atoms with van der Waals surface area (Å²) in [6.45, 7) is 2.99. The number of pyridine rings is 1. The molecular formula is C11H17BrN2O2. The van der Waals surface area contributed by atoms with E-state index in [1.54, 1.807) is 13.3 Å². The zero-order valence-electron chi connectivity index (χ0n) is 9.40. The number of aliphatic hydroxyl groups excluding tert-OH is 1. The van der Waals surface area contributed by atoms with Gasteiger partial charge in [0.05, 0.1) is 18.9 Å². The molecule has 0 saturated heterocycles. The van der Waals surface area contributed by atoms with E-state index in [9.17, 15) is 0 Å². The molecule has 1 rings (SSSR count). The predicted octanol–water partition coefficient (Wildman–Crippen LogP) is 1.28. The summed E-state index contributed by atoms with van der Waals surface area (Å²) in [5.41, 5.74) is 0.993. The highest BCUT2D eigenvalue weighted by Gasteiger charge is 2.05. The quantitative estimate of drug-likeness (QED) is 0.821. The fourth-order valence-electron chi connectivity index (χ4n) is 1.36. The van der Waals surface area contributed by atoms with Gasteiger partial charge in [-0.2, -0.15) is 0 Å². The number of nitrogens with zero attached hydrogens (tertiary/aromatic N) is 2. The molecule has 1 aromatic rings. The third-order valence-corrected chi connectivity index (χ3v) is 2.67. The van der Waals surface area contributed by atoms with Gasteiger partial charge in [-0.05, 0) is 28.1 Å². The van der Waals surface area contributed by atoms with Crippen LogP contribution in [0.25, 0.3) is 0 Å². The number of hydrogen-bond acceptors (Lipinski definition) is 4. The van der Waals surface area contributed by atoms with Gasteiger partial charge >= 0.3 is 0 Å². The highest BCUT2D eigenvalue weighted by atomic mass is 79.9. The van der Waals surface area contributed by atoms with Crippen molar-refractivity contribution in [3.05, 3.63) is 28.5 Å². The molecule has 0 fully saturated rings. The Balaban J connectivity index is 2.49. The molecule has 0 unspecified atom stereocenters. The van der Waals surface area contributed by atoms with Crippen LogP contribution >= 0.6 is 15.9 Å². The third kappa shape index (κ3) is 5.03. The monoisotopic (exact) mass is 288 g/mol. The van der Waals surface area contributed by atoms with Crippen LogP contribution in [0.3, 0.4) is 0 Å². The number of aliphatic hydroxyl groups is 1. The standard InChI is InChI=1S/C11H17BrN2O2/c1-16-7-5-14(4-6-15)9-11-3-2-10(12)8-13-11/h2-3,8,15H,4-7,9H2,1H3. The minimum Gasteiger partial charge on any atom is -0.395 e. The Hall–Kier alpha value is -0.490. The van der Waals surface area contributed by atoms with E-state index in [0.717, 1.165) is 23.3 Å². The molecule has 1 aromatic heterocycles. The summed E-state index contributed by atoms with van der Waals surface area (Å²) >= 11 is 3.35. The summed E-state index contributed by atoms with van der Waals surface area (Å²) in [5, 5.41) is 8.95. The average Bonchev–Trinajstić information content (AvgIpc) is 2.29. The van der Waals surface area contributed by atoms with Crippen LogP contribution in [-0.2, 0) is 11.3 Å². The molecule has 1 N–H and O–H groups in total. The van der Waals surface area contributed by atoms with E-state index >= 15 is 0 Å². The van der Waals surface area contributed by atoms with Crippen LogP contribution < -0.4 is 0 Å². The van der Waals surface area contributed by atoms with Crippen molar-refractivity contribution in [2.24, 2.45) is 0 Å². The molecule has 0 aliphatic carbocycles. The lowest BCUT2D eigenvalue weighted by atomic mass is 10.3. The van der Waals surface area contributed by atoms with E-state index in [1.807, 2.05) is 12.1 Å². The first kappa shape index (κ1) is 13.6. The average molecular weight is 289 g/mol. The maximum absolute atomic E-state index is 8.95. The molecule has 1 heterocycles. The van der Waals surface area contributed by atoms with Crippen molar-refractivity contribution in [3.63, 3.8) is 0 Å². The van der Waals surface area contributed by atoms with Gasteiger partial charge in [0, 0.05) is 37.4 Å². The Bertz CT molecular complexity index is 293. The normalized spacial score (nSPS) is 11.0. The molecule has 0 aliphatic heterocycles. The number of ether oxygens (including phenoxy) is 1. The van der Waals surface area contributed by atoms with Gasteiger partial charge in [-0.15, -0.1) is 0 Å². The molecule has 4 nitrogen and oxygen atoms in total. The minimum absolute atomic E-state index is 0.153. The van der Waals surface area contributed by atoms with Crippen molar-refractivity contribution < 1.29 is 9.84 Å². The summed E-state index contributed by atoms with van der Waals surface area (Å²) in [7, 11) is 1.68. The van der Waals surface area contributed by atoms with Crippen molar-refractivity contribution in [3.8, 4) is 0 Å². The SMILES string of the molecule is COCCN(CCO)Cc1ccc(Br)cn1. The van der Waals surface area contributed by atoms with Gasteiger partial charge in [-0.25, -0.2) is 0 Å². The number of methoxy groups -OCH3 is 1. The Morgan fingerprint density at radius 1 is 1.44 bits per heavy atom. The first-order chi connectivity index (χ1) is 7.76. The first-order valence-electron chi connectivity index (χ1n) is 5.19. The van der Waals surface area contributed by atoms with E-state index in [1.165, 1.54) is 0 Å². The number of aromatic nitrogens is 1. The number of hydrogen-bond donors (Lipinski definition) is 1. The Kier molecular flexibility index (Phi) is 6.56. The molecule has 16 heavy (non-hydrogen) atoms. The Morgan fingerprint density at radius 3 is 2.81 bits per heavy atom. The van der Waals surface area contributed by atoms with Crippen molar-refractivity contribution in [1.29, 1.82) is 0 Å². The van der Waals surface area contributed by atoms with Crippen molar-refractivity contribution in [1.82, 2.24) is 9.88 Å². The lowest BCUT2D eigenvalue weighted by Crippen LogP contribution is -2.30. The zero-order chi connectivity index (χ0) is 11.8. The predicted molar refractivity (Wildman–Crippen MR) is 66.2 cm³/mol. The fourth-order valence-corrected chi connectivity index (χ4v) is 1.60. The highest BCUT2D eigenvalue weighted by Crippen LogP contribution is 2.08. The van der Waals surface area contributed by atoms with Crippen molar-refractivity contribution in [2.45, 2.75) is 6.54 Å². The van der Waals surface area contributed by atoms with Crippen LogP contribution in [0.1, 0.15) is 5.69 Å². The molecule has 0 spiro atoms. The fraction of sp³-hybridized carbons (Fsp3) is 0.545. The minimum atomic E-state index is 0.153. The van der Waals surface area contributed by atoms with E-state index in [-0.39, 0.29) is 6.61 Å². The first-order valence-corrected chi connectivity index (χ1v) is 5.98. The summed E-state index contributed by atoms with van der Waals surface area (Å²) in [6.07, 6.45) is 1.78. The van der Waals surface area contributed by atoms with E-state index in [2.05, 4.69) is 25.8 Å². The molecule has 0 aromatic carbocycles. The van der Waals surface area contributed by atoms with Crippen LogP contribution in [0, 0.1) is 0 Å². The van der Waals surface area contributed by atoms with Gasteiger partial charge in [0.25, 0.3) is 0 Å². The lowest BCUT2D eigenvalue weighted by molar-refractivity contribution is 0.126. The molecule has 0 amide bonds. The molecule has 0 atom stereocenters. The van der Waals surface area contributed by atoms with E-state index < -0.39 is 0 Å². The third-order valence-electron chi connectivity index (χ3n) is 2.20. The second kappa shape index (κ2) is 7.73. The molecule has 90 valence electrons. The van der Waals surface area contributed by atoms with E-state index in [4.69, 9.17) is 9.84 Å². The Morgan fingerprint density at radius 2 is 2.25 bits per heavy atom. The maximum atomic E-state index is 8.95. The summed E-state index contributed by atoms with van der Waals surface area (Å²) in [6, 6.07) is 3.94. The van der Waals surface area contributed by atoms with Gasteiger partial charge in [0.15, 0.2) is 0 Å². The maximum Gasteiger partial charge on any atom is 0.0589 e. The van der Waals surface area contributed by atoms with Crippen molar-refractivity contribution >= 4 is 15.9 Å². The summed E-state index contributed by atoms with van der Waals surface area (Å²) < 4.78 is 6.00. The Labute approximate surface area is 104 Å². The van der Waals surface area contributed by atoms with Gasteiger partial charge in [0.2, 0.25) is 0 Å². The number of halogens is 1. The van der Waals surface area contributed by atoms with Gasteiger partial charge in [-0.1, -0.05) is 0 Å². The molecule has 0 aliphatic rings.